The van der Waals surface area contributed by atoms with Crippen molar-refractivity contribution in [1.82, 2.24) is 29.5 Å². The lowest BCUT2D eigenvalue weighted by atomic mass is 10.1. The van der Waals surface area contributed by atoms with Gasteiger partial charge < -0.3 is 10.1 Å². The number of benzene rings is 1. The van der Waals surface area contributed by atoms with Gasteiger partial charge in [-0.2, -0.15) is 15.5 Å². The van der Waals surface area contributed by atoms with E-state index < -0.39 is 5.97 Å². The summed E-state index contributed by atoms with van der Waals surface area (Å²) < 4.78 is 8.63. The lowest BCUT2D eigenvalue weighted by molar-refractivity contribution is 0.0515. The van der Waals surface area contributed by atoms with E-state index in [0.717, 1.165) is 29.2 Å². The van der Waals surface area contributed by atoms with Crippen LogP contribution in [0.4, 0.5) is 11.6 Å². The molecule has 4 aromatic rings. The van der Waals surface area contributed by atoms with Gasteiger partial charge >= 0.3 is 5.97 Å². The molecule has 3 aromatic heterocycles. The standard InChI is InChI=1S/C26H26N8O2/c1-4-36-26(35)21-11-16(2)31-34(21)23-12-22(28-15-29-23)30-25-17(3)24(32-33(25)14-19-5-6-19)20-9-7-18(13-27)8-10-20/h7-12,15,19H,4-6,14H2,1-3H3,(H,28,29,30). The van der Waals surface area contributed by atoms with Crippen molar-refractivity contribution < 1.29 is 9.53 Å². The molecule has 0 bridgehead atoms. The average molecular weight is 483 g/mol. The molecule has 1 saturated carbocycles. The van der Waals surface area contributed by atoms with E-state index in [2.05, 4.69) is 26.5 Å². The van der Waals surface area contributed by atoms with Crippen LogP contribution in [0, 0.1) is 31.1 Å². The van der Waals surface area contributed by atoms with Gasteiger partial charge in [0, 0.05) is 23.7 Å². The third kappa shape index (κ3) is 4.68. The molecular weight excluding hydrogens is 456 g/mol. The van der Waals surface area contributed by atoms with Crippen LogP contribution in [0.5, 0.6) is 0 Å². The van der Waals surface area contributed by atoms with Crippen LogP contribution in [-0.4, -0.2) is 42.1 Å². The van der Waals surface area contributed by atoms with Crippen LogP contribution in [0.3, 0.4) is 0 Å². The third-order valence-corrected chi connectivity index (χ3v) is 6.04. The van der Waals surface area contributed by atoms with E-state index in [-0.39, 0.29) is 6.61 Å². The van der Waals surface area contributed by atoms with Gasteiger partial charge in [0.15, 0.2) is 11.5 Å². The van der Waals surface area contributed by atoms with Crippen molar-refractivity contribution in [2.24, 2.45) is 5.92 Å². The molecule has 0 amide bonds. The first kappa shape index (κ1) is 23.2. The zero-order chi connectivity index (χ0) is 25.2. The van der Waals surface area contributed by atoms with Gasteiger partial charge in [0.25, 0.3) is 0 Å². The number of nitriles is 1. The molecule has 0 radical (unpaired) electrons. The zero-order valence-electron chi connectivity index (χ0n) is 20.4. The van der Waals surface area contributed by atoms with Crippen molar-refractivity contribution >= 4 is 17.6 Å². The number of rotatable bonds is 8. The second-order valence-corrected chi connectivity index (χ2v) is 8.83. The number of nitrogens with one attached hydrogen (secondary N) is 1. The molecule has 0 saturated heterocycles. The SMILES string of the molecule is CCOC(=O)c1cc(C)nn1-c1cc(Nc2c(C)c(-c3ccc(C#N)cc3)nn2CC2CC2)ncn1. The highest BCUT2D eigenvalue weighted by Gasteiger charge is 2.26. The number of hydrogen-bond acceptors (Lipinski definition) is 8. The predicted octanol–water partition coefficient (Wildman–Crippen LogP) is 4.34. The Balaban J connectivity index is 1.50. The Bertz CT molecular complexity index is 1460. The largest absolute Gasteiger partial charge is 0.461 e. The molecule has 1 aromatic carbocycles. The third-order valence-electron chi connectivity index (χ3n) is 6.04. The first-order valence-corrected chi connectivity index (χ1v) is 11.9. The Labute approximate surface area is 208 Å². The van der Waals surface area contributed by atoms with Crippen LogP contribution in [0.25, 0.3) is 17.1 Å². The summed E-state index contributed by atoms with van der Waals surface area (Å²) in [6.07, 6.45) is 3.82. The monoisotopic (exact) mass is 482 g/mol. The summed E-state index contributed by atoms with van der Waals surface area (Å²) >= 11 is 0. The molecule has 0 atom stereocenters. The molecule has 1 aliphatic carbocycles. The normalized spacial score (nSPS) is 12.8. The first-order chi connectivity index (χ1) is 17.5. The second kappa shape index (κ2) is 9.62. The Morgan fingerprint density at radius 2 is 1.94 bits per heavy atom. The van der Waals surface area contributed by atoms with Gasteiger partial charge in [-0.15, -0.1) is 0 Å². The number of ether oxygens (including phenoxy) is 1. The van der Waals surface area contributed by atoms with Gasteiger partial charge in [0.2, 0.25) is 0 Å². The number of aryl methyl sites for hydroxylation is 1. The summed E-state index contributed by atoms with van der Waals surface area (Å²) in [6, 6.07) is 13.0. The van der Waals surface area contributed by atoms with Crippen molar-refractivity contribution in [3.8, 4) is 23.1 Å². The van der Waals surface area contributed by atoms with Crippen molar-refractivity contribution in [3.63, 3.8) is 0 Å². The second-order valence-electron chi connectivity index (χ2n) is 8.83. The molecular formula is C26H26N8O2. The van der Waals surface area contributed by atoms with Crippen LogP contribution < -0.4 is 5.32 Å². The van der Waals surface area contributed by atoms with E-state index in [9.17, 15) is 4.79 Å². The highest BCUT2D eigenvalue weighted by atomic mass is 16.5. The molecule has 1 fully saturated rings. The number of carbonyl (C=O) groups is 1. The van der Waals surface area contributed by atoms with Crippen molar-refractivity contribution in [2.45, 2.75) is 40.2 Å². The fourth-order valence-corrected chi connectivity index (χ4v) is 4.04. The number of carbonyl (C=O) groups excluding carboxylic acids is 1. The van der Waals surface area contributed by atoms with Crippen LogP contribution in [-0.2, 0) is 11.3 Å². The predicted molar refractivity (Wildman–Crippen MR) is 133 cm³/mol. The summed E-state index contributed by atoms with van der Waals surface area (Å²) in [6.45, 7) is 6.67. The number of aromatic nitrogens is 6. The fourth-order valence-electron chi connectivity index (χ4n) is 4.04. The number of nitrogens with zero attached hydrogens (tertiary/aromatic N) is 7. The molecule has 3 heterocycles. The van der Waals surface area contributed by atoms with E-state index in [4.69, 9.17) is 15.1 Å². The smallest absolute Gasteiger partial charge is 0.357 e. The van der Waals surface area contributed by atoms with E-state index in [1.165, 1.54) is 23.9 Å². The molecule has 10 heteroatoms. The molecule has 0 unspecified atom stereocenters. The minimum atomic E-state index is -0.461. The number of anilines is 2. The Kier molecular flexibility index (Phi) is 6.21. The van der Waals surface area contributed by atoms with Crippen molar-refractivity contribution in [2.75, 3.05) is 11.9 Å². The summed E-state index contributed by atoms with van der Waals surface area (Å²) in [5.74, 6) is 1.99. The molecule has 10 nitrogen and oxygen atoms in total. The van der Waals surface area contributed by atoms with Crippen LogP contribution in [0.2, 0.25) is 0 Å². The van der Waals surface area contributed by atoms with Crippen molar-refractivity contribution in [3.05, 3.63) is 65.2 Å². The molecule has 5 rings (SSSR count). The van der Waals surface area contributed by atoms with Gasteiger partial charge in [-0.05, 0) is 57.7 Å². The van der Waals surface area contributed by atoms with Crippen molar-refractivity contribution in [1.29, 1.82) is 5.26 Å². The minimum absolute atomic E-state index is 0.269. The first-order valence-electron chi connectivity index (χ1n) is 11.9. The summed E-state index contributed by atoms with van der Waals surface area (Å²) in [5.41, 5.74) is 4.36. The highest BCUT2D eigenvalue weighted by molar-refractivity contribution is 5.88. The molecule has 1 aliphatic rings. The summed E-state index contributed by atoms with van der Waals surface area (Å²) in [7, 11) is 0. The Morgan fingerprint density at radius 3 is 2.64 bits per heavy atom. The minimum Gasteiger partial charge on any atom is -0.461 e. The van der Waals surface area contributed by atoms with E-state index in [1.54, 1.807) is 31.2 Å². The molecule has 1 N–H and O–H groups in total. The summed E-state index contributed by atoms with van der Waals surface area (Å²) in [5, 5.41) is 21.9. The lowest BCUT2D eigenvalue weighted by Crippen LogP contribution is -2.13. The quantitative estimate of drug-likeness (QED) is 0.368. The topological polar surface area (TPSA) is 124 Å². The highest BCUT2D eigenvalue weighted by Crippen LogP contribution is 2.35. The fraction of sp³-hybridized carbons (Fsp3) is 0.308. The van der Waals surface area contributed by atoms with Crippen LogP contribution in [0.15, 0.2) is 42.7 Å². The number of esters is 1. The maximum atomic E-state index is 12.4. The van der Waals surface area contributed by atoms with Crippen LogP contribution >= 0.6 is 0 Å². The van der Waals surface area contributed by atoms with Gasteiger partial charge in [-0.25, -0.2) is 24.1 Å². The Hall–Kier alpha value is -4.52. The van der Waals surface area contributed by atoms with Crippen LogP contribution in [0.1, 0.15) is 47.1 Å². The van der Waals surface area contributed by atoms with Gasteiger partial charge in [0.1, 0.15) is 18.0 Å². The summed E-state index contributed by atoms with van der Waals surface area (Å²) in [4.78, 5) is 21.2. The lowest BCUT2D eigenvalue weighted by Gasteiger charge is -2.11. The molecule has 0 aliphatic heterocycles. The zero-order valence-corrected chi connectivity index (χ0v) is 20.4. The molecule has 36 heavy (non-hydrogen) atoms. The molecule has 182 valence electrons. The molecule has 0 spiro atoms. The number of hydrogen-bond donors (Lipinski definition) is 1. The van der Waals surface area contributed by atoms with E-state index in [0.29, 0.717) is 34.5 Å². The maximum absolute atomic E-state index is 12.4. The van der Waals surface area contributed by atoms with E-state index in [1.807, 2.05) is 30.7 Å². The van der Waals surface area contributed by atoms with E-state index >= 15 is 0 Å². The van der Waals surface area contributed by atoms with Gasteiger partial charge in [-0.1, -0.05) is 12.1 Å². The van der Waals surface area contributed by atoms with Gasteiger partial charge in [0.05, 0.1) is 29.6 Å². The maximum Gasteiger partial charge on any atom is 0.357 e. The Morgan fingerprint density at radius 1 is 1.17 bits per heavy atom. The van der Waals surface area contributed by atoms with Gasteiger partial charge in [-0.3, -0.25) is 0 Å². The average Bonchev–Trinajstić information content (AvgIpc) is 3.54.